The molecule has 0 aromatic heterocycles. The first-order valence-corrected chi connectivity index (χ1v) is 6.44. The Bertz CT molecular complexity index is 623. The largest absolute Gasteiger partial charge is 0.416 e. The van der Waals surface area contributed by atoms with E-state index >= 15 is 0 Å². The van der Waals surface area contributed by atoms with Crippen molar-refractivity contribution in [2.45, 2.75) is 18.7 Å². The average molecular weight is 319 g/mol. The first-order valence-electron chi connectivity index (χ1n) is 6.06. The van der Waals surface area contributed by atoms with Crippen molar-refractivity contribution in [3.8, 4) is 0 Å². The topological polar surface area (TPSA) is 20.2 Å². The van der Waals surface area contributed by atoms with E-state index in [9.17, 15) is 22.7 Å². The third kappa shape index (κ3) is 3.95. The Morgan fingerprint density at radius 2 is 1.67 bits per heavy atom. The van der Waals surface area contributed by atoms with Crippen LogP contribution in [0.4, 0.5) is 17.6 Å². The highest BCUT2D eigenvalue weighted by atomic mass is 35.5. The molecule has 0 heterocycles. The van der Waals surface area contributed by atoms with Gasteiger partial charge in [0.15, 0.2) is 0 Å². The maximum Gasteiger partial charge on any atom is 0.416 e. The van der Waals surface area contributed by atoms with Gasteiger partial charge in [-0.05, 0) is 29.8 Å². The smallest absolute Gasteiger partial charge is 0.388 e. The molecular weight excluding hydrogens is 308 g/mol. The minimum absolute atomic E-state index is 0.0106. The quantitative estimate of drug-likeness (QED) is 0.808. The van der Waals surface area contributed by atoms with Crippen molar-refractivity contribution in [2.75, 3.05) is 0 Å². The van der Waals surface area contributed by atoms with Crippen LogP contribution in [-0.2, 0) is 12.6 Å². The molecule has 1 atom stereocenters. The van der Waals surface area contributed by atoms with Crippen LogP contribution in [0.15, 0.2) is 42.5 Å². The molecule has 112 valence electrons. The van der Waals surface area contributed by atoms with Crippen molar-refractivity contribution in [1.82, 2.24) is 0 Å². The third-order valence-electron chi connectivity index (χ3n) is 3.03. The van der Waals surface area contributed by atoms with E-state index in [0.717, 1.165) is 18.2 Å². The first kappa shape index (κ1) is 15.8. The van der Waals surface area contributed by atoms with Crippen LogP contribution >= 0.6 is 11.6 Å². The fourth-order valence-electron chi connectivity index (χ4n) is 1.93. The molecule has 0 aliphatic heterocycles. The van der Waals surface area contributed by atoms with Gasteiger partial charge in [0.25, 0.3) is 0 Å². The molecule has 2 rings (SSSR count). The molecule has 6 heteroatoms. The van der Waals surface area contributed by atoms with Crippen molar-refractivity contribution in [1.29, 1.82) is 0 Å². The SMILES string of the molecule is OC(Cc1ccc(C(F)(F)F)cc1)c1ccc(Cl)cc1F. The summed E-state index contributed by atoms with van der Waals surface area (Å²) < 4.78 is 50.9. The standard InChI is InChI=1S/C15H11ClF4O/c16-11-5-6-12(13(17)8-11)14(21)7-9-1-3-10(4-2-9)15(18,19)20/h1-6,8,14,21H,7H2. The summed E-state index contributed by atoms with van der Waals surface area (Å²) in [7, 11) is 0. The summed E-state index contributed by atoms with van der Waals surface area (Å²) in [4.78, 5) is 0. The molecule has 2 aromatic rings. The second-order valence-corrected chi connectivity index (χ2v) is 5.02. The molecule has 2 aromatic carbocycles. The maximum atomic E-state index is 13.6. The Labute approximate surface area is 123 Å². The van der Waals surface area contributed by atoms with Gasteiger partial charge in [0.1, 0.15) is 5.82 Å². The summed E-state index contributed by atoms with van der Waals surface area (Å²) in [5.74, 6) is -0.651. The van der Waals surface area contributed by atoms with Crippen LogP contribution in [-0.4, -0.2) is 5.11 Å². The zero-order valence-corrected chi connectivity index (χ0v) is 11.4. The molecule has 0 fully saturated rings. The number of rotatable bonds is 3. The van der Waals surface area contributed by atoms with E-state index in [1.807, 2.05) is 0 Å². The van der Waals surface area contributed by atoms with Crippen LogP contribution in [0.2, 0.25) is 5.02 Å². The molecule has 1 N–H and O–H groups in total. The number of benzene rings is 2. The minimum atomic E-state index is -4.40. The number of alkyl halides is 3. The molecule has 1 unspecified atom stereocenters. The molecule has 0 aliphatic carbocycles. The molecule has 0 spiro atoms. The number of aliphatic hydroxyl groups is 1. The minimum Gasteiger partial charge on any atom is -0.388 e. The molecule has 0 aliphatic rings. The molecule has 0 amide bonds. The van der Waals surface area contributed by atoms with Gasteiger partial charge in [-0.25, -0.2) is 4.39 Å². The Kier molecular flexibility index (Phi) is 4.54. The van der Waals surface area contributed by atoms with E-state index < -0.39 is 23.7 Å². The number of aliphatic hydroxyl groups excluding tert-OH is 1. The van der Waals surface area contributed by atoms with E-state index in [4.69, 9.17) is 11.6 Å². The van der Waals surface area contributed by atoms with Gasteiger partial charge in [0.2, 0.25) is 0 Å². The van der Waals surface area contributed by atoms with Crippen molar-refractivity contribution >= 4 is 11.6 Å². The molecule has 1 nitrogen and oxygen atoms in total. The van der Waals surface area contributed by atoms with E-state index in [0.29, 0.717) is 5.56 Å². The van der Waals surface area contributed by atoms with Crippen LogP contribution in [0, 0.1) is 5.82 Å². The lowest BCUT2D eigenvalue weighted by Gasteiger charge is -2.13. The molecule has 0 radical (unpaired) electrons. The highest BCUT2D eigenvalue weighted by molar-refractivity contribution is 6.30. The van der Waals surface area contributed by atoms with E-state index in [2.05, 4.69) is 0 Å². The van der Waals surface area contributed by atoms with Crippen LogP contribution < -0.4 is 0 Å². The van der Waals surface area contributed by atoms with Gasteiger partial charge < -0.3 is 5.11 Å². The normalized spacial score (nSPS) is 13.2. The van der Waals surface area contributed by atoms with Crippen molar-refractivity contribution in [2.24, 2.45) is 0 Å². The fraction of sp³-hybridized carbons (Fsp3) is 0.200. The van der Waals surface area contributed by atoms with Crippen LogP contribution in [0.3, 0.4) is 0 Å². The number of hydrogen-bond acceptors (Lipinski definition) is 1. The second-order valence-electron chi connectivity index (χ2n) is 4.58. The maximum absolute atomic E-state index is 13.6. The van der Waals surface area contributed by atoms with Crippen molar-refractivity contribution < 1.29 is 22.7 Å². The van der Waals surface area contributed by atoms with Crippen molar-refractivity contribution in [3.05, 3.63) is 70.0 Å². The zero-order chi connectivity index (χ0) is 15.6. The molecular formula is C15H11ClF4O. The number of halogens is 5. The summed E-state index contributed by atoms with van der Waals surface area (Å²) in [6.45, 7) is 0. The van der Waals surface area contributed by atoms with Gasteiger partial charge in [0, 0.05) is 17.0 Å². The average Bonchev–Trinajstić information content (AvgIpc) is 2.38. The van der Waals surface area contributed by atoms with Crippen LogP contribution in [0.25, 0.3) is 0 Å². The van der Waals surface area contributed by atoms with Gasteiger partial charge in [-0.2, -0.15) is 13.2 Å². The lowest BCUT2D eigenvalue weighted by molar-refractivity contribution is -0.137. The van der Waals surface area contributed by atoms with Crippen LogP contribution in [0.5, 0.6) is 0 Å². The lowest BCUT2D eigenvalue weighted by atomic mass is 10.00. The Morgan fingerprint density at radius 3 is 2.19 bits per heavy atom. The number of hydrogen-bond donors (Lipinski definition) is 1. The second kappa shape index (κ2) is 6.03. The highest BCUT2D eigenvalue weighted by Gasteiger charge is 2.30. The lowest BCUT2D eigenvalue weighted by Crippen LogP contribution is -2.07. The third-order valence-corrected chi connectivity index (χ3v) is 3.27. The van der Waals surface area contributed by atoms with E-state index in [-0.39, 0.29) is 17.0 Å². The molecule has 0 saturated heterocycles. The van der Waals surface area contributed by atoms with Gasteiger partial charge in [-0.15, -0.1) is 0 Å². The molecule has 21 heavy (non-hydrogen) atoms. The van der Waals surface area contributed by atoms with Crippen molar-refractivity contribution in [3.63, 3.8) is 0 Å². The van der Waals surface area contributed by atoms with Gasteiger partial charge in [-0.1, -0.05) is 29.8 Å². The van der Waals surface area contributed by atoms with E-state index in [1.165, 1.54) is 24.3 Å². The van der Waals surface area contributed by atoms with Gasteiger partial charge >= 0.3 is 6.18 Å². The highest BCUT2D eigenvalue weighted by Crippen LogP contribution is 2.30. The fourth-order valence-corrected chi connectivity index (χ4v) is 2.09. The molecule has 0 bridgehead atoms. The Hall–Kier alpha value is -1.59. The van der Waals surface area contributed by atoms with Crippen LogP contribution in [0.1, 0.15) is 22.8 Å². The summed E-state index contributed by atoms with van der Waals surface area (Å²) in [6, 6.07) is 8.26. The summed E-state index contributed by atoms with van der Waals surface area (Å²) >= 11 is 5.61. The van der Waals surface area contributed by atoms with Gasteiger partial charge in [-0.3, -0.25) is 0 Å². The Balaban J connectivity index is 2.14. The molecule has 0 saturated carbocycles. The van der Waals surface area contributed by atoms with E-state index in [1.54, 1.807) is 0 Å². The summed E-state index contributed by atoms with van der Waals surface area (Å²) in [6.07, 6.45) is -5.55. The Morgan fingerprint density at radius 1 is 1.05 bits per heavy atom. The monoisotopic (exact) mass is 318 g/mol. The summed E-state index contributed by atoms with van der Waals surface area (Å²) in [5, 5.41) is 10.2. The zero-order valence-electron chi connectivity index (χ0n) is 10.7. The predicted octanol–water partition coefficient (Wildman–Crippen LogP) is 4.77. The first-order chi connectivity index (χ1) is 9.77. The van der Waals surface area contributed by atoms with Gasteiger partial charge in [0.05, 0.1) is 11.7 Å². The summed E-state index contributed by atoms with van der Waals surface area (Å²) in [5.41, 5.74) is -0.234. The predicted molar refractivity (Wildman–Crippen MR) is 71.5 cm³/mol.